The zero-order valence-corrected chi connectivity index (χ0v) is 39.0. The molecule has 2 aliphatic rings. The molecule has 3 atom stereocenters. The van der Waals surface area contributed by atoms with Crippen molar-refractivity contribution in [2.75, 3.05) is 14.2 Å². The van der Waals surface area contributed by atoms with Gasteiger partial charge in [-0.25, -0.2) is 4.98 Å². The first kappa shape index (κ1) is 44.3. The maximum atomic E-state index is 11.8. The zero-order valence-electron chi connectivity index (χ0n) is 32.7. The minimum atomic E-state index is -0.451. The lowest BCUT2D eigenvalue weighted by atomic mass is 10.0. The molecule has 7 rings (SSSR count). The van der Waals surface area contributed by atoms with Crippen LogP contribution in [0.15, 0.2) is 112 Å². The summed E-state index contributed by atoms with van der Waals surface area (Å²) in [5.74, 6) is 0.251. The van der Waals surface area contributed by atoms with Gasteiger partial charge in [0, 0.05) is 71.9 Å². The van der Waals surface area contributed by atoms with Gasteiger partial charge in [0.1, 0.15) is 11.9 Å². The number of aliphatic hydroxyl groups is 1. The van der Waals surface area contributed by atoms with Gasteiger partial charge in [-0.3, -0.25) is 39.1 Å². The molecule has 16 heteroatoms. The number of rotatable bonds is 11. The number of methoxy groups -OCH3 is 2. The molecule has 59 heavy (non-hydrogen) atoms. The van der Waals surface area contributed by atoms with Gasteiger partial charge in [0.25, 0.3) is 0 Å². The van der Waals surface area contributed by atoms with Crippen molar-refractivity contribution in [1.29, 1.82) is 0 Å². The number of fused-ring (bicyclic) bond motifs is 4. The summed E-state index contributed by atoms with van der Waals surface area (Å²) in [5, 5.41) is 9.81. The molecule has 0 unspecified atom stereocenters. The van der Waals surface area contributed by atoms with Crippen molar-refractivity contribution < 1.29 is 24.2 Å². The number of esters is 2. The Morgan fingerprint density at radius 3 is 1.88 bits per heavy atom. The number of aromatic nitrogens is 4. The Hall–Kier alpha value is -4.22. The summed E-state index contributed by atoms with van der Waals surface area (Å²) in [5.41, 5.74) is 8.39. The smallest absolute Gasteiger partial charge is 0.305 e. The number of nitrogens with zero attached hydrogens (tertiary/aromatic N) is 7. The van der Waals surface area contributed by atoms with Crippen molar-refractivity contribution in [3.8, 4) is 5.69 Å². The van der Waals surface area contributed by atoms with E-state index in [1.807, 2.05) is 67.7 Å². The lowest BCUT2D eigenvalue weighted by Crippen LogP contribution is -2.23. The van der Waals surface area contributed by atoms with Gasteiger partial charge in [0.15, 0.2) is 0 Å². The second-order valence-corrected chi connectivity index (χ2v) is 17.2. The van der Waals surface area contributed by atoms with Crippen molar-refractivity contribution in [2.45, 2.75) is 70.6 Å². The number of aryl methyl sites for hydroxylation is 1. The van der Waals surface area contributed by atoms with Crippen molar-refractivity contribution in [2.24, 2.45) is 15.0 Å². The van der Waals surface area contributed by atoms with Gasteiger partial charge in [-0.15, -0.1) is 0 Å². The highest BCUT2D eigenvalue weighted by Gasteiger charge is 2.29. The van der Waals surface area contributed by atoms with Crippen molar-refractivity contribution >= 4 is 98.5 Å². The molecule has 1 N–H and O–H groups in total. The lowest BCUT2D eigenvalue weighted by molar-refractivity contribution is -0.141. The van der Waals surface area contributed by atoms with E-state index in [2.05, 4.69) is 89.3 Å². The Morgan fingerprint density at radius 2 is 1.31 bits per heavy atom. The highest BCUT2D eigenvalue weighted by molar-refractivity contribution is 9.13. The summed E-state index contributed by atoms with van der Waals surface area (Å²) in [6.45, 7) is 3.77. The van der Waals surface area contributed by atoms with Crippen LogP contribution in [0.3, 0.4) is 0 Å². The molecule has 0 saturated carbocycles. The van der Waals surface area contributed by atoms with E-state index < -0.39 is 6.10 Å². The van der Waals surface area contributed by atoms with Gasteiger partial charge in [-0.05, 0) is 152 Å². The van der Waals surface area contributed by atoms with Gasteiger partial charge in [0.2, 0.25) is 0 Å². The summed E-state index contributed by atoms with van der Waals surface area (Å²) < 4.78 is 15.4. The number of ether oxygens (including phenoxy) is 2. The number of imidazole rings is 1. The Bertz CT molecular complexity index is 2420. The summed E-state index contributed by atoms with van der Waals surface area (Å²) in [4.78, 5) is 52.3. The molecule has 0 bridgehead atoms. The summed E-state index contributed by atoms with van der Waals surface area (Å²) in [6, 6.07) is 18.9. The highest BCUT2D eigenvalue weighted by atomic mass is 79.9. The molecule has 0 fully saturated rings. The number of hydrogen-bond acceptors (Lipinski definition) is 11. The topological polar surface area (TPSA) is 154 Å². The summed E-state index contributed by atoms with van der Waals surface area (Å²) in [6.07, 6.45) is 7.47. The van der Waals surface area contributed by atoms with Crippen molar-refractivity contribution in [3.05, 3.63) is 131 Å². The first-order chi connectivity index (χ1) is 28.4. The minimum Gasteiger partial charge on any atom is -0.469 e. The van der Waals surface area contributed by atoms with E-state index in [1.54, 1.807) is 19.3 Å². The van der Waals surface area contributed by atoms with Crippen LogP contribution in [0.2, 0.25) is 0 Å². The Balaban J connectivity index is 0.000000198. The van der Waals surface area contributed by atoms with Crippen molar-refractivity contribution in [3.63, 3.8) is 0 Å². The number of aliphatic imine (C=N–C) groups is 3. The molecule has 0 spiro atoms. The maximum absolute atomic E-state index is 11.8. The molecule has 0 aliphatic carbocycles. The molecular formula is C43H41Br4N7O5. The second-order valence-electron chi connectivity index (χ2n) is 13.8. The molecule has 2 aromatic carbocycles. The normalized spacial score (nSPS) is 16.0. The second kappa shape index (κ2) is 20.4. The van der Waals surface area contributed by atoms with Crippen LogP contribution >= 0.6 is 63.7 Å². The molecule has 0 amide bonds. The Kier molecular flexibility index (Phi) is 15.3. The number of pyridine rings is 2. The van der Waals surface area contributed by atoms with Crippen LogP contribution in [0.1, 0.15) is 85.5 Å². The molecule has 12 nitrogen and oxygen atoms in total. The van der Waals surface area contributed by atoms with Crippen molar-refractivity contribution in [1.82, 2.24) is 19.5 Å². The summed E-state index contributed by atoms with van der Waals surface area (Å²) in [7, 11) is 2.78. The first-order valence-electron chi connectivity index (χ1n) is 18.8. The fourth-order valence-electron chi connectivity index (χ4n) is 6.68. The van der Waals surface area contributed by atoms with Gasteiger partial charge < -0.3 is 14.6 Å². The zero-order chi connectivity index (χ0) is 42.2. The third kappa shape index (κ3) is 10.8. The van der Waals surface area contributed by atoms with Crippen LogP contribution in [0.5, 0.6) is 0 Å². The minimum absolute atomic E-state index is 0.234. The predicted molar refractivity (Wildman–Crippen MR) is 242 cm³/mol. The number of aliphatic hydroxyl groups excluding tert-OH is 1. The fourth-order valence-corrected chi connectivity index (χ4v) is 8.03. The van der Waals surface area contributed by atoms with Crippen LogP contribution in [-0.2, 0) is 19.1 Å². The standard InChI is InChI=1S/C22H23Br2N3O3.C21H18Br2N4O2/c1-13(28)6-7-17-18(8-9-21(29)30-2)27-22(19-5-3-4-10-25-19)14-11-15(23)16(24)12-20(14)26-17;1-12-11-25-21-17(6-7-19(28)29-2)26-20(16-5-3-4-8-24-16)13-9-14(22)15(23)10-18(13)27(12)21/h3-5,10-13,18,28H,6-9H2,1-2H3;3-5,8-11,17H,6-7H2,1-2H3/t13-,18-;17-/m00/s1. The molecule has 0 saturated heterocycles. The molecule has 0 radical (unpaired) electrons. The van der Waals surface area contributed by atoms with Crippen LogP contribution in [0.4, 0.5) is 5.69 Å². The van der Waals surface area contributed by atoms with E-state index in [9.17, 15) is 14.7 Å². The third-order valence-electron chi connectivity index (χ3n) is 9.64. The first-order valence-corrected chi connectivity index (χ1v) is 22.0. The average Bonchev–Trinajstić information content (AvgIpc) is 3.48. The fraction of sp³-hybridized carbons (Fsp3) is 0.302. The van der Waals surface area contributed by atoms with Crippen LogP contribution in [0, 0.1) is 6.92 Å². The van der Waals surface area contributed by atoms with E-state index in [0.717, 1.165) is 80.4 Å². The van der Waals surface area contributed by atoms with E-state index in [-0.39, 0.29) is 36.9 Å². The van der Waals surface area contributed by atoms with E-state index in [0.29, 0.717) is 25.7 Å². The van der Waals surface area contributed by atoms with Crippen LogP contribution in [-0.4, -0.2) is 80.1 Å². The van der Waals surface area contributed by atoms with Crippen LogP contribution in [0.25, 0.3) is 5.69 Å². The van der Waals surface area contributed by atoms with E-state index in [4.69, 9.17) is 24.5 Å². The predicted octanol–water partition coefficient (Wildman–Crippen LogP) is 9.96. The highest BCUT2D eigenvalue weighted by Crippen LogP contribution is 2.38. The van der Waals surface area contributed by atoms with E-state index >= 15 is 0 Å². The largest absolute Gasteiger partial charge is 0.469 e. The monoisotopic (exact) mass is 1050 g/mol. The van der Waals surface area contributed by atoms with Crippen LogP contribution < -0.4 is 0 Å². The van der Waals surface area contributed by atoms with Gasteiger partial charge in [0.05, 0.1) is 60.6 Å². The Labute approximate surface area is 376 Å². The molecule has 306 valence electrons. The quantitative estimate of drug-likeness (QED) is 0.128. The summed E-state index contributed by atoms with van der Waals surface area (Å²) >= 11 is 14.4. The SMILES string of the molecule is COC(=O)CC[C@@H]1N=C(c2ccccn2)c2cc(Br)c(Br)cc2-n2c(C)cnc21.COC(=O)CC[C@@H]1N=C(c2ccccn2)c2cc(Br)c(Br)cc2N=C1CC[C@H](C)O. The lowest BCUT2D eigenvalue weighted by Gasteiger charge is -2.16. The van der Waals surface area contributed by atoms with Gasteiger partial charge >= 0.3 is 11.9 Å². The number of carbonyl (C=O) groups is 2. The van der Waals surface area contributed by atoms with E-state index in [1.165, 1.54) is 14.2 Å². The molecule has 5 heterocycles. The number of carbonyl (C=O) groups excluding carboxylic acids is 2. The molecule has 2 aliphatic heterocycles. The maximum Gasteiger partial charge on any atom is 0.305 e. The third-order valence-corrected chi connectivity index (χ3v) is 13.3. The molecular weight excluding hydrogens is 1010 g/mol. The Morgan fingerprint density at radius 1 is 0.763 bits per heavy atom. The molecule has 5 aromatic rings. The number of halogens is 4. The molecule has 3 aromatic heterocycles. The van der Waals surface area contributed by atoms with Gasteiger partial charge in [-0.2, -0.15) is 0 Å². The average molecular weight is 1060 g/mol. The number of benzene rings is 2. The number of hydrogen-bond donors (Lipinski definition) is 1. The van der Waals surface area contributed by atoms with Gasteiger partial charge in [-0.1, -0.05) is 12.1 Å².